The van der Waals surface area contributed by atoms with Gasteiger partial charge in [0.15, 0.2) is 6.61 Å². The van der Waals surface area contributed by atoms with E-state index in [2.05, 4.69) is 18.5 Å². The molecule has 114 valence electrons. The summed E-state index contributed by atoms with van der Waals surface area (Å²) >= 11 is 0. The van der Waals surface area contributed by atoms with Crippen molar-refractivity contribution in [1.29, 1.82) is 0 Å². The van der Waals surface area contributed by atoms with Crippen molar-refractivity contribution < 1.29 is 14.3 Å². The maximum absolute atomic E-state index is 11.7. The van der Waals surface area contributed by atoms with Crippen LogP contribution in [-0.2, 0) is 9.53 Å². The molecule has 0 aliphatic heterocycles. The van der Waals surface area contributed by atoms with Gasteiger partial charge in [0, 0.05) is 6.54 Å². The van der Waals surface area contributed by atoms with Crippen molar-refractivity contribution in [2.75, 3.05) is 20.3 Å². The van der Waals surface area contributed by atoms with Crippen LogP contribution in [0.25, 0.3) is 5.76 Å². The Morgan fingerprint density at radius 2 is 2.05 bits per heavy atom. The first-order valence-electron chi connectivity index (χ1n) is 6.82. The minimum atomic E-state index is -0.161. The number of rotatable bonds is 8. The number of nitrogens with one attached hydrogen (secondary N) is 1. The molecule has 0 unspecified atom stereocenters. The predicted molar refractivity (Wildman–Crippen MR) is 85.2 cm³/mol. The van der Waals surface area contributed by atoms with E-state index in [0.29, 0.717) is 18.1 Å². The Balaban J connectivity index is 2.60. The second-order valence-electron chi connectivity index (χ2n) is 4.97. The van der Waals surface area contributed by atoms with Gasteiger partial charge in [0.1, 0.15) is 11.5 Å². The minimum Gasteiger partial charge on any atom is -0.497 e. The van der Waals surface area contributed by atoms with Gasteiger partial charge < -0.3 is 14.8 Å². The van der Waals surface area contributed by atoms with Crippen LogP contribution in [0, 0.1) is 6.92 Å². The van der Waals surface area contributed by atoms with Gasteiger partial charge in [-0.05, 0) is 32.4 Å². The number of aryl methyl sites for hydroxylation is 1. The highest BCUT2D eigenvalue weighted by atomic mass is 16.5. The summed E-state index contributed by atoms with van der Waals surface area (Å²) in [6.45, 7) is 12.1. The lowest BCUT2D eigenvalue weighted by atomic mass is 10.1. The van der Waals surface area contributed by atoms with Crippen molar-refractivity contribution in [1.82, 2.24) is 5.32 Å². The van der Waals surface area contributed by atoms with Crippen LogP contribution in [0.1, 0.15) is 24.5 Å². The summed E-state index contributed by atoms with van der Waals surface area (Å²) in [6, 6.07) is 5.65. The van der Waals surface area contributed by atoms with Crippen molar-refractivity contribution in [2.45, 2.75) is 20.3 Å². The van der Waals surface area contributed by atoms with E-state index >= 15 is 0 Å². The zero-order valence-electron chi connectivity index (χ0n) is 13.0. The highest BCUT2D eigenvalue weighted by Crippen LogP contribution is 2.26. The van der Waals surface area contributed by atoms with E-state index in [0.717, 1.165) is 23.1 Å². The Morgan fingerprint density at radius 1 is 1.33 bits per heavy atom. The number of hydrogen-bond donors (Lipinski definition) is 1. The van der Waals surface area contributed by atoms with Crippen LogP contribution < -0.4 is 10.1 Å². The lowest BCUT2D eigenvalue weighted by Gasteiger charge is -2.13. The van der Waals surface area contributed by atoms with E-state index in [-0.39, 0.29) is 12.5 Å². The van der Waals surface area contributed by atoms with Crippen molar-refractivity contribution in [3.63, 3.8) is 0 Å². The third-order valence-electron chi connectivity index (χ3n) is 2.91. The summed E-state index contributed by atoms with van der Waals surface area (Å²) < 4.78 is 10.7. The van der Waals surface area contributed by atoms with E-state index in [1.807, 2.05) is 32.0 Å². The molecule has 4 nitrogen and oxygen atoms in total. The maximum atomic E-state index is 11.7. The first kappa shape index (κ1) is 16.8. The van der Waals surface area contributed by atoms with Gasteiger partial charge in [-0.1, -0.05) is 23.8 Å². The Bertz CT molecular complexity index is 535. The lowest BCUT2D eigenvalue weighted by molar-refractivity contribution is -0.123. The van der Waals surface area contributed by atoms with Gasteiger partial charge in [0.05, 0.1) is 12.7 Å². The second kappa shape index (κ2) is 8.15. The quantitative estimate of drug-likeness (QED) is 0.591. The Labute approximate surface area is 126 Å². The molecule has 1 aromatic carbocycles. The summed E-state index contributed by atoms with van der Waals surface area (Å²) in [5, 5.41) is 2.78. The van der Waals surface area contributed by atoms with Gasteiger partial charge in [-0.25, -0.2) is 0 Å². The van der Waals surface area contributed by atoms with Crippen LogP contribution in [0.2, 0.25) is 0 Å². The van der Waals surface area contributed by atoms with Crippen molar-refractivity contribution in [2.24, 2.45) is 0 Å². The standard InChI is InChI=1S/C17H23NO3/c1-12(2)8-9-18-17(19)11-21-16-7-6-13(3)10-15(16)14(4)20-5/h6-7,10H,1,4,8-9,11H2,2-3,5H3,(H,18,19). The molecule has 0 heterocycles. The molecule has 1 rings (SSSR count). The number of ether oxygens (including phenoxy) is 2. The zero-order valence-corrected chi connectivity index (χ0v) is 13.0. The van der Waals surface area contributed by atoms with E-state index in [4.69, 9.17) is 9.47 Å². The molecule has 1 amide bonds. The van der Waals surface area contributed by atoms with Gasteiger partial charge >= 0.3 is 0 Å². The molecule has 0 saturated carbocycles. The average Bonchev–Trinajstić information content (AvgIpc) is 2.44. The Kier molecular flexibility index (Phi) is 6.53. The molecule has 0 bridgehead atoms. The fourth-order valence-corrected chi connectivity index (χ4v) is 1.71. The topological polar surface area (TPSA) is 47.6 Å². The highest BCUT2D eigenvalue weighted by Gasteiger charge is 2.10. The van der Waals surface area contributed by atoms with E-state index in [9.17, 15) is 4.79 Å². The molecule has 0 aromatic heterocycles. The van der Waals surface area contributed by atoms with Crippen molar-refractivity contribution >= 4 is 11.7 Å². The van der Waals surface area contributed by atoms with E-state index in [1.165, 1.54) is 0 Å². The van der Waals surface area contributed by atoms with Crippen LogP contribution in [0.3, 0.4) is 0 Å². The molecule has 0 aliphatic carbocycles. The van der Waals surface area contributed by atoms with Crippen LogP contribution in [0.4, 0.5) is 0 Å². The number of benzene rings is 1. The first-order chi connectivity index (χ1) is 9.93. The van der Waals surface area contributed by atoms with Gasteiger partial charge in [0.25, 0.3) is 5.91 Å². The Hall–Kier alpha value is -2.23. The average molecular weight is 289 g/mol. The van der Waals surface area contributed by atoms with Crippen LogP contribution in [-0.4, -0.2) is 26.2 Å². The number of hydrogen-bond acceptors (Lipinski definition) is 3. The smallest absolute Gasteiger partial charge is 0.257 e. The van der Waals surface area contributed by atoms with Crippen molar-refractivity contribution in [3.05, 3.63) is 48.1 Å². The number of amides is 1. The molecule has 0 fully saturated rings. The molecule has 0 radical (unpaired) electrons. The summed E-state index contributed by atoms with van der Waals surface area (Å²) in [5.41, 5.74) is 2.86. The van der Waals surface area contributed by atoms with Gasteiger partial charge in [-0.3, -0.25) is 4.79 Å². The molecule has 21 heavy (non-hydrogen) atoms. The van der Waals surface area contributed by atoms with Crippen LogP contribution >= 0.6 is 0 Å². The molecule has 1 aromatic rings. The van der Waals surface area contributed by atoms with E-state index < -0.39 is 0 Å². The Morgan fingerprint density at radius 3 is 2.67 bits per heavy atom. The van der Waals surface area contributed by atoms with Gasteiger partial charge in [0.2, 0.25) is 0 Å². The summed E-state index contributed by atoms with van der Waals surface area (Å²) in [4.78, 5) is 11.7. The number of carbonyl (C=O) groups is 1. The molecule has 0 saturated heterocycles. The van der Waals surface area contributed by atoms with Gasteiger partial charge in [-0.15, -0.1) is 6.58 Å². The fourth-order valence-electron chi connectivity index (χ4n) is 1.71. The molecule has 1 N–H and O–H groups in total. The van der Waals surface area contributed by atoms with Gasteiger partial charge in [-0.2, -0.15) is 0 Å². The largest absolute Gasteiger partial charge is 0.497 e. The molecule has 4 heteroatoms. The normalized spacial score (nSPS) is 9.86. The fraction of sp³-hybridized carbons (Fsp3) is 0.353. The number of methoxy groups -OCH3 is 1. The maximum Gasteiger partial charge on any atom is 0.257 e. The van der Waals surface area contributed by atoms with Crippen LogP contribution in [0.15, 0.2) is 36.9 Å². The summed E-state index contributed by atoms with van der Waals surface area (Å²) in [5.74, 6) is 0.935. The molecule has 0 spiro atoms. The number of carbonyl (C=O) groups excluding carboxylic acids is 1. The van der Waals surface area contributed by atoms with Crippen molar-refractivity contribution in [3.8, 4) is 5.75 Å². The lowest BCUT2D eigenvalue weighted by Crippen LogP contribution is -2.29. The highest BCUT2D eigenvalue weighted by molar-refractivity contribution is 5.77. The molecular formula is C17H23NO3. The van der Waals surface area contributed by atoms with Crippen LogP contribution in [0.5, 0.6) is 5.75 Å². The zero-order chi connectivity index (χ0) is 15.8. The molecule has 0 atom stereocenters. The monoisotopic (exact) mass is 289 g/mol. The second-order valence-corrected chi connectivity index (χ2v) is 4.97. The molecular weight excluding hydrogens is 266 g/mol. The molecule has 0 aliphatic rings. The summed E-state index contributed by atoms with van der Waals surface area (Å²) in [7, 11) is 1.55. The third-order valence-corrected chi connectivity index (χ3v) is 2.91. The first-order valence-corrected chi connectivity index (χ1v) is 6.82. The third kappa shape index (κ3) is 5.73. The minimum absolute atomic E-state index is 0.0384. The SMILES string of the molecule is C=C(C)CCNC(=O)COc1ccc(C)cc1C(=C)OC. The predicted octanol–water partition coefficient (Wildman–Crippen LogP) is 3.07. The van der Waals surface area contributed by atoms with E-state index in [1.54, 1.807) is 7.11 Å². The summed E-state index contributed by atoms with van der Waals surface area (Å²) in [6.07, 6.45) is 0.766.